The maximum atomic E-state index is 4.49. The monoisotopic (exact) mass is 287 g/mol. The Labute approximate surface area is 121 Å². The van der Waals surface area contributed by atoms with E-state index < -0.39 is 0 Å². The van der Waals surface area contributed by atoms with Gasteiger partial charge in [0.2, 0.25) is 0 Å². The predicted octanol–water partition coefficient (Wildman–Crippen LogP) is 3.02. The lowest BCUT2D eigenvalue weighted by Gasteiger charge is -2.18. The highest BCUT2D eigenvalue weighted by atomic mass is 32.1. The van der Waals surface area contributed by atoms with E-state index in [1.807, 2.05) is 37.9 Å². The summed E-state index contributed by atoms with van der Waals surface area (Å²) >= 11 is 1.73. The molecule has 0 aromatic carbocycles. The van der Waals surface area contributed by atoms with Crippen LogP contribution in [-0.2, 0) is 7.05 Å². The minimum Gasteiger partial charge on any atom is -0.368 e. The maximum absolute atomic E-state index is 4.49. The van der Waals surface area contributed by atoms with E-state index in [4.69, 9.17) is 0 Å². The highest BCUT2D eigenvalue weighted by molar-refractivity contribution is 7.10. The molecular weight excluding hydrogens is 270 g/mol. The molecule has 1 atom stereocenters. The van der Waals surface area contributed by atoms with E-state index >= 15 is 0 Å². The third-order valence-corrected chi connectivity index (χ3v) is 4.30. The molecule has 0 amide bonds. The average molecular weight is 287 g/mol. The Bertz CT molecular complexity index is 676. The molecule has 0 radical (unpaired) electrons. The molecule has 1 unspecified atom stereocenters. The van der Waals surface area contributed by atoms with Crippen LogP contribution in [0.1, 0.15) is 28.1 Å². The summed E-state index contributed by atoms with van der Waals surface area (Å²) in [5.74, 6) is 0.993. The molecular formula is C14H17N5S. The molecule has 0 aliphatic rings. The Kier molecular flexibility index (Phi) is 3.31. The summed E-state index contributed by atoms with van der Waals surface area (Å²) in [6.45, 7) is 4.02. The van der Waals surface area contributed by atoms with Gasteiger partial charge in [-0.15, -0.1) is 11.3 Å². The molecule has 3 rings (SSSR count). The highest BCUT2D eigenvalue weighted by Crippen LogP contribution is 2.30. The lowest BCUT2D eigenvalue weighted by atomic mass is 10.2. The number of hydrogen-bond donors (Lipinski definition) is 2. The van der Waals surface area contributed by atoms with Crippen molar-refractivity contribution >= 4 is 17.0 Å². The van der Waals surface area contributed by atoms with Crippen molar-refractivity contribution in [3.63, 3.8) is 0 Å². The van der Waals surface area contributed by atoms with Crippen LogP contribution in [0.25, 0.3) is 0 Å². The minimum atomic E-state index is 0.0324. The molecule has 0 bridgehead atoms. The first kappa shape index (κ1) is 12.9. The smallest absolute Gasteiger partial charge is 0.136 e. The standard InChI is InChI=1S/C14H17N5S/c1-9-12(10(2)18-17-9)16-13(11-5-4-8-20-11)14-15-6-7-19(14)3/h4-8,13,16H,1-3H3,(H,17,18). The highest BCUT2D eigenvalue weighted by Gasteiger charge is 2.21. The second kappa shape index (κ2) is 5.13. The third kappa shape index (κ3) is 2.22. The first-order chi connectivity index (χ1) is 9.66. The first-order valence-electron chi connectivity index (χ1n) is 6.45. The average Bonchev–Trinajstić information content (AvgIpc) is 3.13. The van der Waals surface area contributed by atoms with Gasteiger partial charge in [0.05, 0.1) is 17.1 Å². The normalized spacial score (nSPS) is 12.6. The molecule has 0 saturated heterocycles. The van der Waals surface area contributed by atoms with Crippen LogP contribution in [-0.4, -0.2) is 19.7 Å². The van der Waals surface area contributed by atoms with Crippen LogP contribution in [0.5, 0.6) is 0 Å². The quantitative estimate of drug-likeness (QED) is 0.775. The summed E-state index contributed by atoms with van der Waals surface area (Å²) in [6, 6.07) is 4.22. The lowest BCUT2D eigenvalue weighted by Crippen LogP contribution is -2.16. The summed E-state index contributed by atoms with van der Waals surface area (Å²) in [7, 11) is 2.01. The molecule has 104 valence electrons. The number of anilines is 1. The first-order valence-corrected chi connectivity index (χ1v) is 7.33. The van der Waals surface area contributed by atoms with Crippen LogP contribution in [0, 0.1) is 13.8 Å². The molecule has 0 aliphatic heterocycles. The molecule has 0 spiro atoms. The van der Waals surface area contributed by atoms with E-state index in [2.05, 4.69) is 38.0 Å². The van der Waals surface area contributed by atoms with Gasteiger partial charge in [-0.1, -0.05) is 6.07 Å². The van der Waals surface area contributed by atoms with Gasteiger partial charge in [-0.2, -0.15) is 5.10 Å². The van der Waals surface area contributed by atoms with Crippen molar-refractivity contribution < 1.29 is 0 Å². The Morgan fingerprint density at radius 1 is 1.40 bits per heavy atom. The van der Waals surface area contributed by atoms with E-state index in [1.54, 1.807) is 11.3 Å². The molecule has 0 fully saturated rings. The number of aromatic nitrogens is 4. The fourth-order valence-electron chi connectivity index (χ4n) is 2.28. The van der Waals surface area contributed by atoms with Gasteiger partial charge < -0.3 is 9.88 Å². The number of nitrogens with zero attached hydrogens (tertiary/aromatic N) is 3. The van der Waals surface area contributed by atoms with Gasteiger partial charge in [-0.3, -0.25) is 5.10 Å². The van der Waals surface area contributed by atoms with Crippen molar-refractivity contribution in [2.75, 3.05) is 5.32 Å². The van der Waals surface area contributed by atoms with Crippen LogP contribution in [0.4, 0.5) is 5.69 Å². The van der Waals surface area contributed by atoms with Crippen molar-refractivity contribution in [2.24, 2.45) is 7.05 Å². The summed E-state index contributed by atoms with van der Waals surface area (Å²) in [6.07, 6.45) is 3.79. The van der Waals surface area contributed by atoms with Gasteiger partial charge in [0.25, 0.3) is 0 Å². The fraction of sp³-hybridized carbons (Fsp3) is 0.286. The zero-order valence-corrected chi connectivity index (χ0v) is 12.5. The minimum absolute atomic E-state index is 0.0324. The number of thiophene rings is 1. The zero-order valence-electron chi connectivity index (χ0n) is 11.7. The van der Waals surface area contributed by atoms with Gasteiger partial charge in [0.15, 0.2) is 0 Å². The Morgan fingerprint density at radius 3 is 2.80 bits per heavy atom. The molecule has 2 N–H and O–H groups in total. The molecule has 5 nitrogen and oxygen atoms in total. The largest absolute Gasteiger partial charge is 0.368 e. The number of aromatic amines is 1. The molecule has 3 heterocycles. The molecule has 0 saturated carbocycles. The van der Waals surface area contributed by atoms with Crippen molar-refractivity contribution in [2.45, 2.75) is 19.9 Å². The number of H-pyrrole nitrogens is 1. The zero-order chi connectivity index (χ0) is 14.1. The maximum Gasteiger partial charge on any atom is 0.136 e. The molecule has 0 aliphatic carbocycles. The summed E-state index contributed by atoms with van der Waals surface area (Å²) < 4.78 is 2.04. The van der Waals surface area contributed by atoms with Crippen molar-refractivity contribution in [1.82, 2.24) is 19.7 Å². The molecule has 3 aromatic rings. The van der Waals surface area contributed by atoms with Crippen molar-refractivity contribution in [1.29, 1.82) is 0 Å². The Balaban J connectivity index is 2.01. The fourth-order valence-corrected chi connectivity index (χ4v) is 3.05. The van der Waals surface area contributed by atoms with Gasteiger partial charge in [-0.25, -0.2) is 4.98 Å². The second-order valence-electron chi connectivity index (χ2n) is 4.80. The van der Waals surface area contributed by atoms with Crippen LogP contribution >= 0.6 is 11.3 Å². The van der Waals surface area contributed by atoms with Gasteiger partial charge in [0, 0.05) is 24.3 Å². The van der Waals surface area contributed by atoms with E-state index in [-0.39, 0.29) is 6.04 Å². The van der Waals surface area contributed by atoms with E-state index in [1.165, 1.54) is 4.88 Å². The number of hydrogen-bond acceptors (Lipinski definition) is 4. The molecule has 20 heavy (non-hydrogen) atoms. The molecule has 3 aromatic heterocycles. The predicted molar refractivity (Wildman–Crippen MR) is 81.1 cm³/mol. The lowest BCUT2D eigenvalue weighted by molar-refractivity contribution is 0.755. The number of nitrogens with one attached hydrogen (secondary N) is 2. The summed E-state index contributed by atoms with van der Waals surface area (Å²) in [4.78, 5) is 5.72. The van der Waals surface area contributed by atoms with Gasteiger partial charge >= 0.3 is 0 Å². The topological polar surface area (TPSA) is 58.5 Å². The molecule has 6 heteroatoms. The van der Waals surface area contributed by atoms with Crippen molar-refractivity contribution in [3.8, 4) is 0 Å². The van der Waals surface area contributed by atoms with E-state index in [0.717, 1.165) is 22.9 Å². The SMILES string of the molecule is Cc1n[nH]c(C)c1NC(c1cccs1)c1nccn1C. The number of rotatable bonds is 4. The van der Waals surface area contributed by atoms with Crippen LogP contribution in [0.2, 0.25) is 0 Å². The van der Waals surface area contributed by atoms with Crippen LogP contribution in [0.15, 0.2) is 29.9 Å². The summed E-state index contributed by atoms with van der Waals surface area (Å²) in [5.41, 5.74) is 3.06. The van der Waals surface area contributed by atoms with Crippen LogP contribution < -0.4 is 5.32 Å². The van der Waals surface area contributed by atoms with Gasteiger partial charge in [-0.05, 0) is 25.3 Å². The Morgan fingerprint density at radius 2 is 2.25 bits per heavy atom. The Hall–Kier alpha value is -2.08. The van der Waals surface area contributed by atoms with Gasteiger partial charge in [0.1, 0.15) is 11.9 Å². The van der Waals surface area contributed by atoms with E-state index in [9.17, 15) is 0 Å². The number of imidazole rings is 1. The summed E-state index contributed by atoms with van der Waals surface area (Å²) in [5, 5.41) is 12.9. The van der Waals surface area contributed by atoms with Crippen LogP contribution in [0.3, 0.4) is 0 Å². The second-order valence-corrected chi connectivity index (χ2v) is 5.78. The third-order valence-electron chi connectivity index (χ3n) is 3.36. The van der Waals surface area contributed by atoms with E-state index in [0.29, 0.717) is 0 Å². The number of aryl methyl sites for hydroxylation is 3. The van der Waals surface area contributed by atoms with Crippen molar-refractivity contribution in [3.05, 3.63) is 52.0 Å².